The molecule has 0 bridgehead atoms. The maximum absolute atomic E-state index is 11.4. The third-order valence-corrected chi connectivity index (χ3v) is 4.28. The molecule has 1 amide bonds. The Morgan fingerprint density at radius 2 is 1.96 bits per heavy atom. The number of fused-ring (bicyclic) bond motifs is 1. The van der Waals surface area contributed by atoms with Crippen LogP contribution in [0.1, 0.15) is 18.7 Å². The topological polar surface area (TPSA) is 75.3 Å². The summed E-state index contributed by atoms with van der Waals surface area (Å²) in [7, 11) is 4.02. The van der Waals surface area contributed by atoms with Gasteiger partial charge in [-0.25, -0.2) is 9.97 Å². The quantitative estimate of drug-likeness (QED) is 0.923. The molecule has 1 fully saturated rings. The van der Waals surface area contributed by atoms with Crippen LogP contribution in [0.2, 0.25) is 0 Å². The van der Waals surface area contributed by atoms with E-state index < -0.39 is 0 Å². The number of carbonyl (C=O) groups excluding carboxylic acids is 1. The third-order valence-electron chi connectivity index (χ3n) is 4.28. The first-order chi connectivity index (χ1) is 11.0. The number of piperidine rings is 1. The minimum atomic E-state index is -0.189. The van der Waals surface area contributed by atoms with E-state index in [9.17, 15) is 4.79 Å². The Hall–Kier alpha value is -2.21. The molecule has 6 nitrogen and oxygen atoms in total. The number of aromatic nitrogens is 2. The van der Waals surface area contributed by atoms with Crippen LogP contribution in [-0.4, -0.2) is 48.0 Å². The van der Waals surface area contributed by atoms with Crippen molar-refractivity contribution >= 4 is 22.6 Å². The molecule has 1 aliphatic heterocycles. The summed E-state index contributed by atoms with van der Waals surface area (Å²) >= 11 is 0. The number of nitrogens with zero attached hydrogens (tertiary/aromatic N) is 4. The van der Waals surface area contributed by atoms with Gasteiger partial charge in [-0.1, -0.05) is 12.1 Å². The molecule has 0 unspecified atom stereocenters. The summed E-state index contributed by atoms with van der Waals surface area (Å²) in [6, 6.07) is 8.09. The minimum Gasteiger partial charge on any atom is -0.369 e. The fourth-order valence-corrected chi connectivity index (χ4v) is 3.08. The highest BCUT2D eigenvalue weighted by molar-refractivity contribution is 5.89. The molecule has 6 heteroatoms. The van der Waals surface area contributed by atoms with E-state index in [0.717, 1.165) is 48.5 Å². The van der Waals surface area contributed by atoms with Crippen molar-refractivity contribution in [2.75, 3.05) is 32.1 Å². The SMILES string of the molecule is CN(C)Cc1nc(N2CCC(C(N)=O)CC2)c2ccccc2n1. The normalized spacial score (nSPS) is 16.2. The highest BCUT2D eigenvalue weighted by atomic mass is 16.1. The van der Waals surface area contributed by atoms with Gasteiger partial charge in [-0.3, -0.25) is 4.79 Å². The molecular weight excluding hydrogens is 290 g/mol. The fourth-order valence-electron chi connectivity index (χ4n) is 3.08. The Kier molecular flexibility index (Phi) is 4.43. The second-order valence-corrected chi connectivity index (χ2v) is 6.38. The Bertz CT molecular complexity index is 707. The van der Waals surface area contributed by atoms with Gasteiger partial charge in [0.1, 0.15) is 11.6 Å². The van der Waals surface area contributed by atoms with Gasteiger partial charge in [-0.15, -0.1) is 0 Å². The van der Waals surface area contributed by atoms with E-state index in [-0.39, 0.29) is 11.8 Å². The van der Waals surface area contributed by atoms with E-state index in [1.54, 1.807) is 0 Å². The Morgan fingerprint density at radius 1 is 1.26 bits per heavy atom. The lowest BCUT2D eigenvalue weighted by Gasteiger charge is -2.32. The van der Waals surface area contributed by atoms with Gasteiger partial charge >= 0.3 is 0 Å². The fraction of sp³-hybridized carbons (Fsp3) is 0.471. The van der Waals surface area contributed by atoms with Gasteiger partial charge in [0.25, 0.3) is 0 Å². The molecule has 2 heterocycles. The molecule has 1 saturated heterocycles. The summed E-state index contributed by atoms with van der Waals surface area (Å²) in [6.45, 7) is 2.31. The molecule has 0 saturated carbocycles. The van der Waals surface area contributed by atoms with E-state index >= 15 is 0 Å². The van der Waals surface area contributed by atoms with Crippen molar-refractivity contribution in [3.05, 3.63) is 30.1 Å². The van der Waals surface area contributed by atoms with Crippen LogP contribution in [0.5, 0.6) is 0 Å². The lowest BCUT2D eigenvalue weighted by atomic mass is 9.96. The third kappa shape index (κ3) is 3.42. The molecule has 1 aromatic carbocycles. The van der Waals surface area contributed by atoms with Crippen LogP contribution in [-0.2, 0) is 11.3 Å². The number of para-hydroxylation sites is 1. The van der Waals surface area contributed by atoms with Gasteiger partial charge in [-0.2, -0.15) is 0 Å². The molecule has 1 aromatic heterocycles. The second kappa shape index (κ2) is 6.50. The zero-order chi connectivity index (χ0) is 16.4. The minimum absolute atomic E-state index is 0.0133. The van der Waals surface area contributed by atoms with Gasteiger partial charge in [-0.05, 0) is 39.1 Å². The molecule has 0 radical (unpaired) electrons. The number of benzene rings is 1. The Labute approximate surface area is 136 Å². The molecule has 2 N–H and O–H groups in total. The summed E-state index contributed by atoms with van der Waals surface area (Å²) < 4.78 is 0. The van der Waals surface area contributed by atoms with E-state index in [2.05, 4.69) is 20.9 Å². The summed E-state index contributed by atoms with van der Waals surface area (Å²) in [5, 5.41) is 1.06. The first-order valence-electron chi connectivity index (χ1n) is 7.99. The van der Waals surface area contributed by atoms with Crippen LogP contribution in [0.3, 0.4) is 0 Å². The first-order valence-corrected chi connectivity index (χ1v) is 7.99. The van der Waals surface area contributed by atoms with E-state index in [1.165, 1.54) is 0 Å². The molecule has 2 aromatic rings. The van der Waals surface area contributed by atoms with Crippen LogP contribution in [0.25, 0.3) is 10.9 Å². The first kappa shape index (κ1) is 15.7. The van der Waals surface area contributed by atoms with Gasteiger partial charge in [0.05, 0.1) is 12.1 Å². The zero-order valence-electron chi connectivity index (χ0n) is 13.7. The van der Waals surface area contributed by atoms with E-state index in [1.807, 2.05) is 32.3 Å². The largest absolute Gasteiger partial charge is 0.369 e. The van der Waals surface area contributed by atoms with Crippen molar-refractivity contribution in [3.8, 4) is 0 Å². The van der Waals surface area contributed by atoms with Crippen molar-refractivity contribution in [2.45, 2.75) is 19.4 Å². The van der Waals surface area contributed by atoms with E-state index in [0.29, 0.717) is 6.54 Å². The lowest BCUT2D eigenvalue weighted by Crippen LogP contribution is -2.39. The van der Waals surface area contributed by atoms with Crippen LogP contribution in [0.4, 0.5) is 5.82 Å². The number of carbonyl (C=O) groups is 1. The molecule has 122 valence electrons. The van der Waals surface area contributed by atoms with Gasteiger partial charge in [0, 0.05) is 24.4 Å². The number of nitrogens with two attached hydrogens (primary N) is 1. The molecule has 0 aliphatic carbocycles. The van der Waals surface area contributed by atoms with E-state index in [4.69, 9.17) is 10.7 Å². The van der Waals surface area contributed by atoms with Crippen molar-refractivity contribution in [3.63, 3.8) is 0 Å². The van der Waals surface area contributed by atoms with Crippen LogP contribution < -0.4 is 10.6 Å². The summed E-state index contributed by atoms with van der Waals surface area (Å²) in [5.41, 5.74) is 6.40. The zero-order valence-corrected chi connectivity index (χ0v) is 13.7. The molecule has 23 heavy (non-hydrogen) atoms. The predicted molar refractivity (Wildman–Crippen MR) is 91.1 cm³/mol. The summed E-state index contributed by atoms with van der Waals surface area (Å²) in [4.78, 5) is 25.1. The number of hydrogen-bond acceptors (Lipinski definition) is 5. The number of primary amides is 1. The Morgan fingerprint density at radius 3 is 2.61 bits per heavy atom. The van der Waals surface area contributed by atoms with Gasteiger partial charge in [0.15, 0.2) is 0 Å². The smallest absolute Gasteiger partial charge is 0.220 e. The molecule has 3 rings (SSSR count). The number of hydrogen-bond donors (Lipinski definition) is 1. The van der Waals surface area contributed by atoms with Crippen LogP contribution in [0, 0.1) is 5.92 Å². The highest BCUT2D eigenvalue weighted by Gasteiger charge is 2.25. The van der Waals surface area contributed by atoms with Crippen LogP contribution >= 0.6 is 0 Å². The second-order valence-electron chi connectivity index (χ2n) is 6.38. The average Bonchev–Trinajstić information content (AvgIpc) is 2.53. The highest BCUT2D eigenvalue weighted by Crippen LogP contribution is 2.28. The van der Waals surface area contributed by atoms with Crippen LogP contribution in [0.15, 0.2) is 24.3 Å². The molecular formula is C17H23N5O. The standard InChI is InChI=1S/C17H23N5O/c1-21(2)11-15-19-14-6-4-3-5-13(14)17(20-15)22-9-7-12(8-10-22)16(18)23/h3-6,12H,7-11H2,1-2H3,(H2,18,23). The number of amides is 1. The van der Waals surface area contributed by atoms with Crippen molar-refractivity contribution in [1.29, 1.82) is 0 Å². The predicted octanol–water partition coefficient (Wildman–Crippen LogP) is 1.39. The Balaban J connectivity index is 1.94. The maximum atomic E-state index is 11.4. The average molecular weight is 313 g/mol. The number of rotatable bonds is 4. The molecule has 0 atom stereocenters. The molecule has 1 aliphatic rings. The van der Waals surface area contributed by atoms with Crippen molar-refractivity contribution in [2.24, 2.45) is 11.7 Å². The van der Waals surface area contributed by atoms with Gasteiger partial charge in [0.2, 0.25) is 5.91 Å². The summed E-state index contributed by atoms with van der Waals surface area (Å²) in [6.07, 6.45) is 1.58. The molecule has 0 spiro atoms. The van der Waals surface area contributed by atoms with Gasteiger partial charge < -0.3 is 15.5 Å². The summed E-state index contributed by atoms with van der Waals surface area (Å²) in [5.74, 6) is 1.59. The monoisotopic (exact) mass is 313 g/mol. The maximum Gasteiger partial charge on any atom is 0.220 e. The lowest BCUT2D eigenvalue weighted by molar-refractivity contribution is -0.122. The van der Waals surface area contributed by atoms with Crippen molar-refractivity contribution in [1.82, 2.24) is 14.9 Å². The number of anilines is 1. The van der Waals surface area contributed by atoms with Crippen molar-refractivity contribution < 1.29 is 4.79 Å².